The lowest BCUT2D eigenvalue weighted by molar-refractivity contribution is -0.140. The molecule has 0 aliphatic carbocycles. The van der Waals surface area contributed by atoms with Gasteiger partial charge in [0.15, 0.2) is 0 Å². The van der Waals surface area contributed by atoms with Crippen molar-refractivity contribution in [3.8, 4) is 0 Å². The average Bonchev–Trinajstić information content (AvgIpc) is 2.65. The summed E-state index contributed by atoms with van der Waals surface area (Å²) < 4.78 is 4.30. The predicted molar refractivity (Wildman–Crippen MR) is 68.7 cm³/mol. The first kappa shape index (κ1) is 13.9. The largest absolute Gasteiger partial charge is 0.481 e. The van der Waals surface area contributed by atoms with E-state index in [1.165, 1.54) is 11.5 Å². The molecule has 0 fully saturated rings. The van der Waals surface area contributed by atoms with Crippen LogP contribution in [0.5, 0.6) is 0 Å². The van der Waals surface area contributed by atoms with Gasteiger partial charge in [-0.1, -0.05) is 27.7 Å². The van der Waals surface area contributed by atoms with Gasteiger partial charge in [-0.25, -0.2) is 4.98 Å². The molecule has 1 unspecified atom stereocenters. The fourth-order valence-corrected chi connectivity index (χ4v) is 2.07. The van der Waals surface area contributed by atoms with Crippen molar-refractivity contribution in [1.29, 1.82) is 0 Å². The molecule has 0 aromatic carbocycles. The van der Waals surface area contributed by atoms with Gasteiger partial charge in [0, 0.05) is 30.5 Å². The van der Waals surface area contributed by atoms with Crippen molar-refractivity contribution in [3.63, 3.8) is 0 Å². The summed E-state index contributed by atoms with van der Waals surface area (Å²) in [4.78, 5) is 17.0. The molecule has 1 rings (SSSR count). The van der Waals surface area contributed by atoms with Crippen molar-refractivity contribution < 1.29 is 9.90 Å². The van der Waals surface area contributed by atoms with Gasteiger partial charge in [0.2, 0.25) is 5.13 Å². The highest BCUT2D eigenvalue weighted by atomic mass is 32.1. The van der Waals surface area contributed by atoms with Crippen molar-refractivity contribution in [2.24, 2.45) is 5.92 Å². The molecule has 0 radical (unpaired) electrons. The minimum absolute atomic E-state index is 0.0754. The molecular formula is C11H19N3O2S. The molecule has 6 heteroatoms. The Kier molecular flexibility index (Phi) is 4.08. The Labute approximate surface area is 106 Å². The van der Waals surface area contributed by atoms with Crippen LogP contribution in [0.4, 0.5) is 5.13 Å². The first-order chi connectivity index (χ1) is 7.71. The van der Waals surface area contributed by atoms with Crippen LogP contribution < -0.4 is 4.90 Å². The molecule has 0 spiro atoms. The molecule has 0 aliphatic heterocycles. The molecule has 5 nitrogen and oxygen atoms in total. The minimum atomic E-state index is -0.794. The number of carbonyl (C=O) groups is 1. The smallest absolute Gasteiger partial charge is 0.308 e. The van der Waals surface area contributed by atoms with Gasteiger partial charge < -0.3 is 10.0 Å². The summed E-state index contributed by atoms with van der Waals surface area (Å²) in [5.41, 5.74) is -0.0754. The van der Waals surface area contributed by atoms with Crippen LogP contribution in [0.25, 0.3) is 0 Å². The molecular weight excluding hydrogens is 238 g/mol. The number of hydrogen-bond acceptors (Lipinski definition) is 5. The summed E-state index contributed by atoms with van der Waals surface area (Å²) in [6.07, 6.45) is 0. The van der Waals surface area contributed by atoms with Crippen molar-refractivity contribution in [3.05, 3.63) is 5.82 Å². The van der Waals surface area contributed by atoms with E-state index in [0.29, 0.717) is 6.54 Å². The first-order valence-electron chi connectivity index (χ1n) is 5.50. The van der Waals surface area contributed by atoms with E-state index in [1.807, 2.05) is 11.9 Å². The molecule has 0 saturated heterocycles. The number of aromatic nitrogens is 2. The fraction of sp³-hybridized carbons (Fsp3) is 0.727. The van der Waals surface area contributed by atoms with Crippen LogP contribution in [0.15, 0.2) is 0 Å². The maximum atomic E-state index is 10.8. The van der Waals surface area contributed by atoms with Crippen LogP contribution in [0.2, 0.25) is 0 Å². The third-order valence-corrected chi connectivity index (χ3v) is 3.21. The molecule has 0 amide bonds. The summed E-state index contributed by atoms with van der Waals surface area (Å²) in [5.74, 6) is -0.410. The molecule has 1 aromatic rings. The van der Waals surface area contributed by atoms with E-state index in [9.17, 15) is 4.79 Å². The monoisotopic (exact) mass is 257 g/mol. The molecule has 1 N–H and O–H groups in total. The van der Waals surface area contributed by atoms with Gasteiger partial charge in [-0.2, -0.15) is 4.37 Å². The lowest BCUT2D eigenvalue weighted by Gasteiger charge is -2.18. The summed E-state index contributed by atoms with van der Waals surface area (Å²) >= 11 is 1.31. The molecule has 1 aromatic heterocycles. The Balaban J connectivity index is 2.74. The normalized spacial score (nSPS) is 13.5. The van der Waals surface area contributed by atoms with E-state index in [2.05, 4.69) is 30.1 Å². The van der Waals surface area contributed by atoms with E-state index in [0.717, 1.165) is 11.0 Å². The zero-order valence-electron chi connectivity index (χ0n) is 10.9. The quantitative estimate of drug-likeness (QED) is 0.893. The summed E-state index contributed by atoms with van der Waals surface area (Å²) in [6.45, 7) is 8.29. The highest BCUT2D eigenvalue weighted by molar-refractivity contribution is 7.09. The second kappa shape index (κ2) is 5.00. The standard InChI is InChI=1S/C11H19N3O2S/c1-7(8(15)16)6-14(5)10-12-9(13-17-10)11(2,3)4/h7H,6H2,1-5H3,(H,15,16). The number of nitrogens with zero attached hydrogens (tertiary/aromatic N) is 3. The summed E-state index contributed by atoms with van der Waals surface area (Å²) in [6, 6.07) is 0. The van der Waals surface area contributed by atoms with Crippen molar-refractivity contribution >= 4 is 22.6 Å². The third kappa shape index (κ3) is 3.66. The molecule has 0 bridgehead atoms. The van der Waals surface area contributed by atoms with Crippen LogP contribution in [-0.2, 0) is 10.2 Å². The zero-order valence-corrected chi connectivity index (χ0v) is 11.7. The van der Waals surface area contributed by atoms with Crippen molar-refractivity contribution in [2.45, 2.75) is 33.1 Å². The maximum Gasteiger partial charge on any atom is 0.308 e. The molecule has 96 valence electrons. The van der Waals surface area contributed by atoms with E-state index >= 15 is 0 Å². The van der Waals surface area contributed by atoms with E-state index in [4.69, 9.17) is 5.11 Å². The van der Waals surface area contributed by atoms with Gasteiger partial charge in [-0.3, -0.25) is 4.79 Å². The fourth-order valence-electron chi connectivity index (χ4n) is 1.24. The van der Waals surface area contributed by atoms with Gasteiger partial charge in [0.25, 0.3) is 0 Å². The van der Waals surface area contributed by atoms with Gasteiger partial charge in [0.1, 0.15) is 5.82 Å². The molecule has 1 atom stereocenters. The molecule has 0 aliphatic rings. The predicted octanol–water partition coefficient (Wildman–Crippen LogP) is 1.99. The van der Waals surface area contributed by atoms with E-state index < -0.39 is 11.9 Å². The maximum absolute atomic E-state index is 10.8. The van der Waals surface area contributed by atoms with Crippen molar-refractivity contribution in [1.82, 2.24) is 9.36 Å². The van der Waals surface area contributed by atoms with Gasteiger partial charge >= 0.3 is 5.97 Å². The highest BCUT2D eigenvalue weighted by Gasteiger charge is 2.22. The SMILES string of the molecule is CC(CN(C)c1nc(C(C)(C)C)ns1)C(=O)O. The highest BCUT2D eigenvalue weighted by Crippen LogP contribution is 2.25. The Bertz CT molecular complexity index is 398. The number of carboxylic acids is 1. The van der Waals surface area contributed by atoms with Crippen LogP contribution in [0, 0.1) is 5.92 Å². The van der Waals surface area contributed by atoms with Crippen LogP contribution in [-0.4, -0.2) is 34.0 Å². The Morgan fingerprint density at radius 3 is 2.53 bits per heavy atom. The topological polar surface area (TPSA) is 66.3 Å². The van der Waals surface area contributed by atoms with Crippen LogP contribution >= 0.6 is 11.5 Å². The van der Waals surface area contributed by atoms with Crippen molar-refractivity contribution in [2.75, 3.05) is 18.5 Å². The van der Waals surface area contributed by atoms with E-state index in [1.54, 1.807) is 6.92 Å². The average molecular weight is 257 g/mol. The molecule has 17 heavy (non-hydrogen) atoms. The lowest BCUT2D eigenvalue weighted by atomic mass is 9.96. The minimum Gasteiger partial charge on any atom is -0.481 e. The second-order valence-electron chi connectivity index (χ2n) is 5.27. The number of hydrogen-bond donors (Lipinski definition) is 1. The number of anilines is 1. The molecule has 0 saturated carbocycles. The number of rotatable bonds is 4. The van der Waals surface area contributed by atoms with E-state index in [-0.39, 0.29) is 5.41 Å². The number of aliphatic carboxylic acids is 1. The second-order valence-corrected chi connectivity index (χ2v) is 6.00. The van der Waals surface area contributed by atoms with Crippen LogP contribution in [0.3, 0.4) is 0 Å². The Hall–Kier alpha value is -1.17. The van der Waals surface area contributed by atoms with Gasteiger partial charge in [0.05, 0.1) is 5.92 Å². The first-order valence-corrected chi connectivity index (χ1v) is 6.27. The third-order valence-electron chi connectivity index (χ3n) is 2.38. The molecule has 1 heterocycles. The van der Waals surface area contributed by atoms with Crippen LogP contribution in [0.1, 0.15) is 33.5 Å². The Morgan fingerprint density at radius 2 is 2.12 bits per heavy atom. The van der Waals surface area contributed by atoms with Gasteiger partial charge in [-0.05, 0) is 0 Å². The summed E-state index contributed by atoms with van der Waals surface area (Å²) in [5, 5.41) is 9.62. The zero-order chi connectivity index (χ0) is 13.2. The summed E-state index contributed by atoms with van der Waals surface area (Å²) in [7, 11) is 1.84. The Morgan fingerprint density at radius 1 is 1.53 bits per heavy atom. The number of carboxylic acid groups (broad SMARTS) is 1. The lowest BCUT2D eigenvalue weighted by Crippen LogP contribution is -2.28. The van der Waals surface area contributed by atoms with Gasteiger partial charge in [-0.15, -0.1) is 0 Å².